The first-order valence-electron chi connectivity index (χ1n) is 11.0. The molecule has 33 heavy (non-hydrogen) atoms. The van der Waals surface area contributed by atoms with Gasteiger partial charge < -0.3 is 16.0 Å². The Morgan fingerprint density at radius 2 is 2.06 bits per heavy atom. The summed E-state index contributed by atoms with van der Waals surface area (Å²) in [6, 6.07) is 10.6. The zero-order valence-electron chi connectivity index (χ0n) is 18.3. The third-order valence-corrected chi connectivity index (χ3v) is 6.00. The van der Waals surface area contributed by atoms with Crippen LogP contribution >= 0.6 is 0 Å². The van der Waals surface area contributed by atoms with E-state index in [-0.39, 0.29) is 5.82 Å². The van der Waals surface area contributed by atoms with Crippen molar-refractivity contribution in [3.63, 3.8) is 0 Å². The molecule has 5 rings (SSSR count). The molecule has 0 bridgehead atoms. The summed E-state index contributed by atoms with van der Waals surface area (Å²) in [5.41, 5.74) is 11.9. The van der Waals surface area contributed by atoms with Crippen LogP contribution < -0.4 is 21.6 Å². The molecule has 0 saturated heterocycles. The van der Waals surface area contributed by atoms with Crippen molar-refractivity contribution in [2.45, 2.75) is 13.3 Å². The molecule has 6 nitrogen and oxygen atoms in total. The third kappa shape index (κ3) is 3.87. The smallest absolute Gasteiger partial charge is 0.138 e. The van der Waals surface area contributed by atoms with Crippen LogP contribution in [0.5, 0.6) is 0 Å². The highest BCUT2D eigenvalue weighted by Crippen LogP contribution is 2.31. The summed E-state index contributed by atoms with van der Waals surface area (Å²) in [5.74, 6) is -0.269. The second-order valence-corrected chi connectivity index (χ2v) is 7.92. The highest BCUT2D eigenvalue weighted by molar-refractivity contribution is 5.96. The van der Waals surface area contributed by atoms with Crippen molar-refractivity contribution in [2.24, 2.45) is 5.73 Å². The summed E-state index contributed by atoms with van der Waals surface area (Å²) in [7, 11) is 0. The Bertz CT molecular complexity index is 1510. The number of aromatic amines is 2. The van der Waals surface area contributed by atoms with Gasteiger partial charge in [0.05, 0.1) is 11.0 Å². The van der Waals surface area contributed by atoms with E-state index in [0.717, 1.165) is 58.0 Å². The molecule has 166 valence electrons. The Morgan fingerprint density at radius 1 is 1.18 bits per heavy atom. The maximum atomic E-state index is 14.5. The molecular formula is C26H25FN6. The number of H-pyrrole nitrogens is 2. The highest BCUT2D eigenvalue weighted by Gasteiger charge is 2.15. The number of nitrogens with one attached hydrogen (secondary N) is 3. The van der Waals surface area contributed by atoms with Gasteiger partial charge in [-0.1, -0.05) is 30.4 Å². The second-order valence-electron chi connectivity index (χ2n) is 7.92. The van der Waals surface area contributed by atoms with Crippen LogP contribution in [0.15, 0.2) is 65.9 Å². The second kappa shape index (κ2) is 8.88. The fraction of sp³-hybridized carbons (Fsp3) is 0.154. The van der Waals surface area contributed by atoms with Crippen LogP contribution in [-0.4, -0.2) is 33.3 Å². The predicted octanol–water partition coefficient (Wildman–Crippen LogP) is 3.10. The molecular weight excluding hydrogens is 415 g/mol. The number of halogens is 1. The van der Waals surface area contributed by atoms with E-state index < -0.39 is 0 Å². The summed E-state index contributed by atoms with van der Waals surface area (Å²) < 4.78 is 14.5. The Morgan fingerprint density at radius 3 is 2.82 bits per heavy atom. The number of benzene rings is 1. The van der Waals surface area contributed by atoms with Gasteiger partial charge in [0, 0.05) is 35.1 Å². The van der Waals surface area contributed by atoms with Crippen molar-refractivity contribution < 1.29 is 4.39 Å². The van der Waals surface area contributed by atoms with Gasteiger partial charge in [0.25, 0.3) is 0 Å². The minimum Gasteiger partial charge on any atom is -0.403 e. The first kappa shape index (κ1) is 20.9. The Balaban J connectivity index is 1.68. The van der Waals surface area contributed by atoms with Crippen LogP contribution in [0.2, 0.25) is 0 Å². The van der Waals surface area contributed by atoms with E-state index in [0.29, 0.717) is 11.2 Å². The largest absolute Gasteiger partial charge is 0.403 e. The van der Waals surface area contributed by atoms with Crippen LogP contribution in [0.25, 0.3) is 45.8 Å². The molecule has 4 aromatic rings. The lowest BCUT2D eigenvalue weighted by Gasteiger charge is -2.14. The molecule has 5 N–H and O–H groups in total. The average molecular weight is 441 g/mol. The quantitative estimate of drug-likeness (QED) is 0.392. The maximum Gasteiger partial charge on any atom is 0.138 e. The standard InChI is InChI=1S/C26H25FN6/c1-2-16(17-7-10-29-11-8-17)13-21-24(15-28)32-33-25(21)23-14-20-18(9-12-30-26(20)31-23)19-5-3-4-6-22(19)27/h2-7,9,12-15,29,32H,8,10-11,28H2,1H3,(H,30,31)/b16-2?,21-13+,24-15+. The van der Waals surface area contributed by atoms with E-state index in [2.05, 4.69) is 43.7 Å². The van der Waals surface area contributed by atoms with Crippen LogP contribution in [0.1, 0.15) is 13.3 Å². The number of pyridine rings is 1. The van der Waals surface area contributed by atoms with Crippen LogP contribution in [-0.2, 0) is 0 Å². The highest BCUT2D eigenvalue weighted by atomic mass is 19.1. The average Bonchev–Trinajstić information content (AvgIpc) is 3.47. The lowest BCUT2D eigenvalue weighted by molar-refractivity contribution is 0.631. The first-order valence-corrected chi connectivity index (χ1v) is 11.0. The minimum absolute atomic E-state index is 0.269. The molecule has 0 spiro atoms. The van der Waals surface area contributed by atoms with Gasteiger partial charge in [-0.05, 0) is 60.9 Å². The molecule has 7 heteroatoms. The SMILES string of the molecule is CC=C(/C=c1/c(-c2cc3c(-c4ccccc4F)ccnc3[nH]2)n[nH]/c1=C/N)C1=CCNCC1. The molecule has 0 fully saturated rings. The monoisotopic (exact) mass is 440 g/mol. The van der Waals surface area contributed by atoms with Gasteiger partial charge in [0.2, 0.25) is 0 Å². The number of nitrogens with two attached hydrogens (primary N) is 1. The first-order chi connectivity index (χ1) is 16.2. The van der Waals surface area contributed by atoms with Gasteiger partial charge in [-0.2, -0.15) is 5.10 Å². The van der Waals surface area contributed by atoms with Crippen LogP contribution in [0.4, 0.5) is 4.39 Å². The molecule has 1 aliphatic rings. The molecule has 3 aromatic heterocycles. The molecule has 0 unspecified atom stereocenters. The zero-order valence-corrected chi connectivity index (χ0v) is 18.3. The van der Waals surface area contributed by atoms with Gasteiger partial charge in [-0.15, -0.1) is 0 Å². The van der Waals surface area contributed by atoms with Crippen molar-refractivity contribution in [3.05, 3.63) is 82.3 Å². The molecule has 0 atom stereocenters. The number of fused-ring (bicyclic) bond motifs is 1. The number of rotatable bonds is 4. The van der Waals surface area contributed by atoms with Gasteiger partial charge in [0.1, 0.15) is 17.2 Å². The lowest BCUT2D eigenvalue weighted by Crippen LogP contribution is -2.26. The van der Waals surface area contributed by atoms with Crippen LogP contribution in [0.3, 0.4) is 0 Å². The van der Waals surface area contributed by atoms with E-state index >= 15 is 0 Å². The van der Waals surface area contributed by atoms with Gasteiger partial charge >= 0.3 is 0 Å². The van der Waals surface area contributed by atoms with Crippen molar-refractivity contribution in [1.82, 2.24) is 25.5 Å². The van der Waals surface area contributed by atoms with Crippen molar-refractivity contribution in [1.29, 1.82) is 0 Å². The normalized spacial score (nSPS) is 15.9. The number of allylic oxidation sites excluding steroid dienone is 2. The van der Waals surface area contributed by atoms with E-state index in [1.54, 1.807) is 18.3 Å². The van der Waals surface area contributed by atoms with Gasteiger partial charge in [-0.3, -0.25) is 5.10 Å². The van der Waals surface area contributed by atoms with Crippen molar-refractivity contribution in [2.75, 3.05) is 13.1 Å². The maximum absolute atomic E-state index is 14.5. The zero-order chi connectivity index (χ0) is 22.8. The third-order valence-electron chi connectivity index (χ3n) is 6.00. The van der Waals surface area contributed by atoms with Gasteiger partial charge in [0.15, 0.2) is 0 Å². The fourth-order valence-electron chi connectivity index (χ4n) is 4.31. The summed E-state index contributed by atoms with van der Waals surface area (Å²) in [6.45, 7) is 3.85. The Kier molecular flexibility index (Phi) is 5.62. The van der Waals surface area contributed by atoms with Gasteiger partial charge in [-0.25, -0.2) is 9.37 Å². The lowest BCUT2D eigenvalue weighted by atomic mass is 9.98. The minimum atomic E-state index is -0.269. The fourth-order valence-corrected chi connectivity index (χ4v) is 4.31. The Labute approximate surface area is 190 Å². The van der Waals surface area contributed by atoms with E-state index in [9.17, 15) is 4.39 Å². The topological polar surface area (TPSA) is 95.4 Å². The molecule has 1 aliphatic heterocycles. The molecule has 4 heterocycles. The summed E-state index contributed by atoms with van der Waals surface area (Å²) in [6.07, 6.45) is 10.6. The van der Waals surface area contributed by atoms with Crippen LogP contribution in [0, 0.1) is 5.82 Å². The number of hydrogen-bond acceptors (Lipinski definition) is 4. The predicted molar refractivity (Wildman–Crippen MR) is 131 cm³/mol. The number of nitrogens with zero attached hydrogens (tertiary/aromatic N) is 2. The molecule has 1 aromatic carbocycles. The molecule has 0 aliphatic carbocycles. The van der Waals surface area contributed by atoms with Crippen molar-refractivity contribution in [3.8, 4) is 22.5 Å². The summed E-state index contributed by atoms with van der Waals surface area (Å²) >= 11 is 0. The molecule has 0 radical (unpaired) electrons. The van der Waals surface area contributed by atoms with E-state index in [1.807, 2.05) is 25.1 Å². The summed E-state index contributed by atoms with van der Waals surface area (Å²) in [4.78, 5) is 7.82. The van der Waals surface area contributed by atoms with E-state index in [1.165, 1.54) is 17.8 Å². The van der Waals surface area contributed by atoms with E-state index in [4.69, 9.17) is 5.73 Å². The number of hydrogen-bond donors (Lipinski definition) is 4. The Hall–Kier alpha value is -3.97. The van der Waals surface area contributed by atoms with Crippen molar-refractivity contribution >= 4 is 23.3 Å². The number of aromatic nitrogens is 4. The molecule has 0 saturated carbocycles. The molecule has 0 amide bonds. The summed E-state index contributed by atoms with van der Waals surface area (Å²) in [5, 5.41) is 13.4.